The monoisotopic (exact) mass is 400 g/mol. The molecule has 2 atom stereocenters. The number of benzene rings is 1. The highest BCUT2D eigenvalue weighted by Gasteiger charge is 2.16. The molecule has 1 aromatic carbocycles. The predicted molar refractivity (Wildman–Crippen MR) is 98.4 cm³/mol. The summed E-state index contributed by atoms with van der Waals surface area (Å²) in [6.45, 7) is 3.63. The lowest BCUT2D eigenvalue weighted by Gasteiger charge is -2.13. The molecule has 0 saturated carbocycles. The zero-order valence-electron chi connectivity index (χ0n) is 15.6. The van der Waals surface area contributed by atoms with Gasteiger partial charge in [-0.1, -0.05) is 0 Å². The van der Waals surface area contributed by atoms with Crippen molar-refractivity contribution in [3.8, 4) is 17.3 Å². The van der Waals surface area contributed by atoms with Gasteiger partial charge in [0.2, 0.25) is 0 Å². The van der Waals surface area contributed by atoms with Gasteiger partial charge in [-0.15, -0.1) is 0 Å². The van der Waals surface area contributed by atoms with Crippen LogP contribution in [0.4, 0.5) is 8.78 Å². The van der Waals surface area contributed by atoms with Gasteiger partial charge in [-0.25, -0.2) is 8.78 Å². The molecular formula is C19H18F2N6O2. The minimum Gasteiger partial charge on any atom is -0.387 e. The van der Waals surface area contributed by atoms with Gasteiger partial charge in [-0.05, 0) is 38.1 Å². The van der Waals surface area contributed by atoms with Gasteiger partial charge in [0, 0.05) is 17.8 Å². The number of nitrogens with zero attached hydrogens (tertiary/aromatic N) is 4. The molecule has 0 aliphatic heterocycles. The minimum atomic E-state index is -0.951. The maximum atomic E-state index is 13.8. The molecule has 0 fully saturated rings. The predicted octanol–water partition coefficient (Wildman–Crippen LogP) is 2.29. The van der Waals surface area contributed by atoms with Gasteiger partial charge in [-0.3, -0.25) is 14.6 Å². The third-order valence-electron chi connectivity index (χ3n) is 4.21. The van der Waals surface area contributed by atoms with Crippen molar-refractivity contribution in [2.24, 2.45) is 0 Å². The lowest BCUT2D eigenvalue weighted by Crippen LogP contribution is -2.36. The van der Waals surface area contributed by atoms with Crippen LogP contribution < -0.4 is 5.32 Å². The van der Waals surface area contributed by atoms with E-state index in [4.69, 9.17) is 5.26 Å². The molecule has 0 saturated heterocycles. The van der Waals surface area contributed by atoms with Crippen LogP contribution in [0.5, 0.6) is 0 Å². The number of rotatable bonds is 6. The van der Waals surface area contributed by atoms with Crippen LogP contribution >= 0.6 is 0 Å². The number of aromatic amines is 1. The highest BCUT2D eigenvalue weighted by Crippen LogP contribution is 2.22. The first-order valence-electron chi connectivity index (χ1n) is 8.75. The summed E-state index contributed by atoms with van der Waals surface area (Å²) < 4.78 is 29.1. The lowest BCUT2D eigenvalue weighted by molar-refractivity contribution is 0.0931. The normalized spacial score (nSPS) is 13.0. The highest BCUT2D eigenvalue weighted by atomic mass is 19.1. The second-order valence-corrected chi connectivity index (χ2v) is 6.61. The lowest BCUT2D eigenvalue weighted by atomic mass is 10.1. The van der Waals surface area contributed by atoms with Gasteiger partial charge >= 0.3 is 0 Å². The molecule has 3 rings (SSSR count). The number of carbonyl (C=O) groups excluding carboxylic acids is 1. The standard InChI is InChI=1S/C19H18F2N6O2/c1-10(23-19(29)18-7-17(11(2)28)24-25-18)9-27-4-3-16(26-27)12-5-14(20)13(8-22)15(21)6-12/h3-7,10-11,28H,9H2,1-2H3,(H,23,29)(H,24,25)/t10-,11?/m1/s1. The summed E-state index contributed by atoms with van der Waals surface area (Å²) in [7, 11) is 0. The second-order valence-electron chi connectivity index (χ2n) is 6.61. The molecule has 0 spiro atoms. The summed E-state index contributed by atoms with van der Waals surface area (Å²) in [6.07, 6.45) is 0.854. The van der Waals surface area contributed by atoms with E-state index in [0.717, 1.165) is 12.1 Å². The Bertz CT molecular complexity index is 1060. The Morgan fingerprint density at radius 3 is 2.62 bits per heavy atom. The Morgan fingerprint density at radius 1 is 1.34 bits per heavy atom. The number of aliphatic hydroxyl groups excluding tert-OH is 1. The van der Waals surface area contributed by atoms with Crippen molar-refractivity contribution < 1.29 is 18.7 Å². The topological polar surface area (TPSA) is 120 Å². The summed E-state index contributed by atoms with van der Waals surface area (Å²) in [5.41, 5.74) is 0.483. The minimum absolute atomic E-state index is 0.150. The van der Waals surface area contributed by atoms with Gasteiger partial charge in [0.15, 0.2) is 0 Å². The maximum absolute atomic E-state index is 13.8. The maximum Gasteiger partial charge on any atom is 0.272 e. The number of aliphatic hydroxyl groups is 1. The summed E-state index contributed by atoms with van der Waals surface area (Å²) >= 11 is 0. The van der Waals surface area contributed by atoms with Crippen molar-refractivity contribution in [3.63, 3.8) is 0 Å². The number of H-pyrrole nitrogens is 1. The van der Waals surface area contributed by atoms with E-state index in [1.807, 2.05) is 0 Å². The fourth-order valence-electron chi connectivity index (χ4n) is 2.74. The Kier molecular flexibility index (Phi) is 5.70. The molecule has 1 amide bonds. The van der Waals surface area contributed by atoms with Gasteiger partial charge in [-0.2, -0.15) is 15.5 Å². The molecule has 150 valence electrons. The number of nitrogens with one attached hydrogen (secondary N) is 2. The van der Waals surface area contributed by atoms with Crippen molar-refractivity contribution in [2.75, 3.05) is 0 Å². The highest BCUT2D eigenvalue weighted by molar-refractivity contribution is 5.92. The molecule has 2 aromatic heterocycles. The van der Waals surface area contributed by atoms with Crippen molar-refractivity contribution >= 4 is 5.91 Å². The van der Waals surface area contributed by atoms with Crippen molar-refractivity contribution in [3.05, 3.63) is 59.0 Å². The number of aromatic nitrogens is 4. The van der Waals surface area contributed by atoms with Gasteiger partial charge in [0.25, 0.3) is 5.91 Å². The van der Waals surface area contributed by atoms with Crippen molar-refractivity contribution in [1.82, 2.24) is 25.3 Å². The molecule has 0 aliphatic carbocycles. The van der Waals surface area contributed by atoms with E-state index >= 15 is 0 Å². The van der Waals surface area contributed by atoms with Crippen molar-refractivity contribution in [1.29, 1.82) is 5.26 Å². The number of hydrogen-bond donors (Lipinski definition) is 3. The first-order valence-corrected chi connectivity index (χ1v) is 8.75. The summed E-state index contributed by atoms with van der Waals surface area (Å²) in [5, 5.41) is 31.7. The molecule has 29 heavy (non-hydrogen) atoms. The number of carbonyl (C=O) groups is 1. The molecule has 8 nitrogen and oxygen atoms in total. The second kappa shape index (κ2) is 8.20. The summed E-state index contributed by atoms with van der Waals surface area (Å²) in [4.78, 5) is 12.2. The first-order chi connectivity index (χ1) is 13.8. The van der Waals surface area contributed by atoms with E-state index in [-0.39, 0.29) is 17.3 Å². The average molecular weight is 400 g/mol. The summed E-state index contributed by atoms with van der Waals surface area (Å²) in [6, 6.07) is 6.30. The van der Waals surface area contributed by atoms with Crippen LogP contribution in [-0.4, -0.2) is 37.0 Å². The molecule has 0 radical (unpaired) electrons. The van der Waals surface area contributed by atoms with E-state index < -0.39 is 29.2 Å². The largest absolute Gasteiger partial charge is 0.387 e. The Balaban J connectivity index is 1.66. The van der Waals surface area contributed by atoms with Gasteiger partial charge in [0.1, 0.15) is 29.0 Å². The zero-order chi connectivity index (χ0) is 21.1. The Morgan fingerprint density at radius 2 is 2.03 bits per heavy atom. The molecule has 2 heterocycles. The Hall–Kier alpha value is -3.58. The molecule has 0 bridgehead atoms. The van der Waals surface area contributed by atoms with Crippen LogP contribution in [-0.2, 0) is 6.54 Å². The molecule has 10 heteroatoms. The van der Waals surface area contributed by atoms with E-state index in [1.165, 1.54) is 16.8 Å². The smallest absolute Gasteiger partial charge is 0.272 e. The fourth-order valence-corrected chi connectivity index (χ4v) is 2.74. The molecular weight excluding hydrogens is 382 g/mol. The zero-order valence-corrected chi connectivity index (χ0v) is 15.6. The van der Waals surface area contributed by atoms with Crippen molar-refractivity contribution in [2.45, 2.75) is 32.5 Å². The number of halogens is 2. The number of nitriles is 1. The quantitative estimate of drug-likeness (QED) is 0.586. The summed E-state index contributed by atoms with van der Waals surface area (Å²) in [5.74, 6) is -2.31. The molecule has 1 unspecified atom stereocenters. The van der Waals surface area contributed by atoms with Crippen LogP contribution in [0, 0.1) is 23.0 Å². The fraction of sp³-hybridized carbons (Fsp3) is 0.263. The van der Waals surface area contributed by atoms with E-state index in [2.05, 4.69) is 20.6 Å². The third kappa shape index (κ3) is 4.47. The molecule has 0 aliphatic rings. The van der Waals surface area contributed by atoms with Gasteiger partial charge in [0.05, 0.1) is 24.0 Å². The van der Waals surface area contributed by atoms with E-state index in [0.29, 0.717) is 17.9 Å². The van der Waals surface area contributed by atoms with E-state index in [9.17, 15) is 18.7 Å². The van der Waals surface area contributed by atoms with Crippen LogP contribution in [0.1, 0.15) is 41.7 Å². The average Bonchev–Trinajstić information content (AvgIpc) is 3.31. The van der Waals surface area contributed by atoms with Crippen LogP contribution in [0.2, 0.25) is 0 Å². The van der Waals surface area contributed by atoms with Crippen LogP contribution in [0.3, 0.4) is 0 Å². The van der Waals surface area contributed by atoms with Gasteiger partial charge < -0.3 is 10.4 Å². The first kappa shape index (κ1) is 20.2. The molecule has 3 aromatic rings. The van der Waals surface area contributed by atoms with E-state index in [1.54, 1.807) is 26.1 Å². The number of hydrogen-bond acceptors (Lipinski definition) is 5. The number of amides is 1. The Labute approximate surface area is 164 Å². The van der Waals surface area contributed by atoms with Crippen LogP contribution in [0.25, 0.3) is 11.3 Å². The van der Waals surface area contributed by atoms with Crippen LogP contribution in [0.15, 0.2) is 30.5 Å². The SMILES string of the molecule is CC(O)c1cc(C(=O)N[C@H](C)Cn2ccc(-c3cc(F)c(C#N)c(F)c3)n2)n[nH]1. The third-order valence-corrected chi connectivity index (χ3v) is 4.21. The molecule has 3 N–H and O–H groups in total.